The van der Waals surface area contributed by atoms with Crippen LogP contribution in [-0.2, 0) is 41.1 Å². The van der Waals surface area contributed by atoms with Gasteiger partial charge in [0.15, 0.2) is 12.5 Å². The Morgan fingerprint density at radius 3 is 1.56 bits per heavy atom. The number of rotatable bonds is 8. The van der Waals surface area contributed by atoms with Crippen LogP contribution in [0.15, 0.2) is 85.1 Å². The molecule has 0 aromatic heterocycles. The number of hydrogen-bond acceptors (Lipinski definition) is 6. The van der Waals surface area contributed by atoms with Gasteiger partial charge in [0.2, 0.25) is 12.6 Å². The summed E-state index contributed by atoms with van der Waals surface area (Å²) in [6, 6.07) is 19.9. The molecule has 0 fully saturated rings. The van der Waals surface area contributed by atoms with Crippen LogP contribution >= 0.6 is 0 Å². The summed E-state index contributed by atoms with van der Waals surface area (Å²) in [7, 11) is 1.11. The molecule has 0 N–H and O–H groups in total. The molecule has 2 aromatic carbocycles. The lowest BCUT2D eigenvalue weighted by atomic mass is 10.1. The summed E-state index contributed by atoms with van der Waals surface area (Å²) in [6.45, 7) is 0. The second-order valence-electron chi connectivity index (χ2n) is 5.95. The van der Waals surface area contributed by atoms with E-state index in [0.717, 1.165) is 18.8 Å². The topological polar surface area (TPSA) is 55.4 Å². The molecule has 137 valence electrons. The lowest BCUT2D eigenvalue weighted by Gasteiger charge is -2.13. The molecule has 2 unspecified atom stereocenters. The minimum absolute atomic E-state index is 0.219. The molecule has 0 saturated carbocycles. The van der Waals surface area contributed by atoms with Crippen LogP contribution < -0.4 is 0 Å². The molecular formula is C20H18BO6. The molecule has 0 amide bonds. The second kappa shape index (κ2) is 8.44. The van der Waals surface area contributed by atoms with Gasteiger partial charge in [-0.05, 0) is 11.1 Å². The lowest BCUT2D eigenvalue weighted by molar-refractivity contribution is -0.0614. The molecule has 4 rings (SSSR count). The van der Waals surface area contributed by atoms with Crippen molar-refractivity contribution < 1.29 is 28.3 Å². The van der Waals surface area contributed by atoms with Crippen LogP contribution in [-0.4, -0.2) is 20.3 Å². The van der Waals surface area contributed by atoms with Crippen molar-refractivity contribution in [1.82, 2.24) is 0 Å². The van der Waals surface area contributed by atoms with Crippen molar-refractivity contribution in [3.05, 3.63) is 96.2 Å². The summed E-state index contributed by atoms with van der Waals surface area (Å²) in [5.41, 5.74) is 2.23. The molecule has 27 heavy (non-hydrogen) atoms. The summed E-state index contributed by atoms with van der Waals surface area (Å²) < 4.78 is 32.5. The zero-order valence-electron chi connectivity index (χ0n) is 14.5. The Morgan fingerprint density at radius 1 is 0.667 bits per heavy atom. The van der Waals surface area contributed by atoms with E-state index < -0.39 is 12.6 Å². The zero-order chi connectivity index (χ0) is 18.3. The summed E-state index contributed by atoms with van der Waals surface area (Å²) in [5, 5.41) is 0. The van der Waals surface area contributed by atoms with E-state index in [1.807, 2.05) is 60.7 Å². The highest BCUT2D eigenvalue weighted by Gasteiger charge is 2.25. The molecule has 2 aliphatic rings. The minimum Gasteiger partial charge on any atom is -0.497 e. The van der Waals surface area contributed by atoms with Gasteiger partial charge in [0.1, 0.15) is 0 Å². The van der Waals surface area contributed by atoms with E-state index in [1.54, 1.807) is 0 Å². The Kier molecular flexibility index (Phi) is 5.38. The summed E-state index contributed by atoms with van der Waals surface area (Å²) in [6.07, 6.45) is 3.22. The van der Waals surface area contributed by atoms with Crippen molar-refractivity contribution in [2.45, 2.75) is 25.4 Å². The summed E-state index contributed by atoms with van der Waals surface area (Å²) in [4.78, 5) is 0. The first-order valence-electron chi connectivity index (χ1n) is 8.62. The van der Waals surface area contributed by atoms with E-state index in [1.165, 1.54) is 12.5 Å². The van der Waals surface area contributed by atoms with Crippen molar-refractivity contribution in [2.75, 3.05) is 0 Å². The van der Waals surface area contributed by atoms with E-state index in [0.29, 0.717) is 12.8 Å². The Bertz CT molecular complexity index is 725. The predicted octanol–water partition coefficient (Wildman–Crippen LogP) is 3.38. The van der Waals surface area contributed by atoms with Crippen LogP contribution in [0.5, 0.6) is 0 Å². The molecule has 1 radical (unpaired) electrons. The van der Waals surface area contributed by atoms with Crippen LogP contribution in [0.2, 0.25) is 0 Å². The highest BCUT2D eigenvalue weighted by atomic mass is 16.8. The maximum absolute atomic E-state index is 5.54. The molecule has 2 atom stereocenters. The van der Waals surface area contributed by atoms with Gasteiger partial charge in [0.05, 0.1) is 0 Å². The quantitative estimate of drug-likeness (QED) is 0.669. The average molecular weight is 365 g/mol. The maximum Gasteiger partial charge on any atom is 0.662 e. The fourth-order valence-electron chi connectivity index (χ4n) is 2.66. The molecule has 0 spiro atoms. The molecule has 0 saturated heterocycles. The van der Waals surface area contributed by atoms with E-state index in [-0.39, 0.29) is 11.9 Å². The Balaban J connectivity index is 1.14. The lowest BCUT2D eigenvalue weighted by Crippen LogP contribution is -2.15. The number of benzene rings is 2. The second-order valence-corrected chi connectivity index (χ2v) is 5.95. The van der Waals surface area contributed by atoms with Crippen LogP contribution in [0.3, 0.4) is 0 Å². The fraction of sp³-hybridized carbons (Fsp3) is 0.200. The minimum atomic E-state index is -0.420. The van der Waals surface area contributed by atoms with Crippen molar-refractivity contribution in [1.29, 1.82) is 0 Å². The van der Waals surface area contributed by atoms with Gasteiger partial charge in [-0.3, -0.25) is 0 Å². The molecule has 0 bridgehead atoms. The molecular weight excluding hydrogens is 347 g/mol. The fourth-order valence-corrected chi connectivity index (χ4v) is 2.66. The SMILES string of the molecule is [B](OC1=COC(Cc2ccccc2)O1)OC1=COC(Cc2ccccc2)O1. The molecule has 0 aliphatic carbocycles. The van der Waals surface area contributed by atoms with E-state index >= 15 is 0 Å². The van der Waals surface area contributed by atoms with Gasteiger partial charge in [-0.2, -0.15) is 0 Å². The van der Waals surface area contributed by atoms with Gasteiger partial charge in [0.25, 0.3) is 0 Å². The Labute approximate surface area is 158 Å². The first kappa shape index (κ1) is 17.2. The van der Waals surface area contributed by atoms with Gasteiger partial charge in [0, 0.05) is 12.8 Å². The van der Waals surface area contributed by atoms with Gasteiger partial charge in [-0.1, -0.05) is 60.7 Å². The molecule has 2 aromatic rings. The van der Waals surface area contributed by atoms with Crippen molar-refractivity contribution >= 4 is 7.69 Å². The third kappa shape index (κ3) is 4.91. The van der Waals surface area contributed by atoms with Crippen LogP contribution in [0, 0.1) is 0 Å². The van der Waals surface area contributed by atoms with Crippen LogP contribution in [0.1, 0.15) is 11.1 Å². The molecule has 6 nitrogen and oxygen atoms in total. The van der Waals surface area contributed by atoms with Crippen molar-refractivity contribution in [2.24, 2.45) is 0 Å². The molecule has 2 heterocycles. The smallest absolute Gasteiger partial charge is 0.497 e. The third-order valence-electron chi connectivity index (χ3n) is 3.95. The van der Waals surface area contributed by atoms with Gasteiger partial charge >= 0.3 is 19.6 Å². The molecule has 2 aliphatic heterocycles. The third-order valence-corrected chi connectivity index (χ3v) is 3.95. The van der Waals surface area contributed by atoms with Gasteiger partial charge in [-0.15, -0.1) is 0 Å². The first-order valence-corrected chi connectivity index (χ1v) is 8.62. The average Bonchev–Trinajstić information content (AvgIpc) is 3.33. The molecule has 7 heteroatoms. The highest BCUT2D eigenvalue weighted by Crippen LogP contribution is 2.21. The van der Waals surface area contributed by atoms with Crippen LogP contribution in [0.4, 0.5) is 0 Å². The predicted molar refractivity (Wildman–Crippen MR) is 96.3 cm³/mol. The van der Waals surface area contributed by atoms with E-state index in [2.05, 4.69) is 0 Å². The highest BCUT2D eigenvalue weighted by molar-refractivity contribution is 6.18. The number of hydrogen-bond donors (Lipinski definition) is 0. The Hall–Kier alpha value is -3.22. The van der Waals surface area contributed by atoms with Gasteiger partial charge < -0.3 is 28.3 Å². The van der Waals surface area contributed by atoms with Crippen molar-refractivity contribution in [3.63, 3.8) is 0 Å². The Morgan fingerprint density at radius 2 is 1.11 bits per heavy atom. The monoisotopic (exact) mass is 365 g/mol. The first-order chi connectivity index (χ1) is 13.3. The van der Waals surface area contributed by atoms with Gasteiger partial charge in [-0.25, -0.2) is 0 Å². The standard InChI is InChI=1S/C20H18BO6/c1-3-7-15(8-4-1)11-17-22-13-19(24-17)26-21-27-20-14-23-18(25-20)12-16-9-5-2-6-10-16/h1-10,13-14,17-18H,11-12H2. The van der Waals surface area contributed by atoms with Crippen molar-refractivity contribution in [3.8, 4) is 0 Å². The van der Waals surface area contributed by atoms with E-state index in [4.69, 9.17) is 28.3 Å². The summed E-state index contributed by atoms with van der Waals surface area (Å²) >= 11 is 0. The summed E-state index contributed by atoms with van der Waals surface area (Å²) in [5.74, 6) is 0.438. The zero-order valence-corrected chi connectivity index (χ0v) is 14.5. The number of ether oxygens (including phenoxy) is 4. The van der Waals surface area contributed by atoms with Crippen LogP contribution in [0.25, 0.3) is 0 Å². The maximum atomic E-state index is 5.54. The van der Waals surface area contributed by atoms with E-state index in [9.17, 15) is 0 Å². The largest absolute Gasteiger partial charge is 0.662 e. The normalized spacial score (nSPS) is 20.3.